The number of amides is 1. The Morgan fingerprint density at radius 2 is 1.83 bits per heavy atom. The maximum absolute atomic E-state index is 12.5. The summed E-state index contributed by atoms with van der Waals surface area (Å²) < 4.78 is 5.21. The highest BCUT2D eigenvalue weighted by Gasteiger charge is 2.12. The fourth-order valence-corrected chi connectivity index (χ4v) is 2.67. The minimum absolute atomic E-state index is 0.117. The van der Waals surface area contributed by atoms with Crippen LogP contribution in [0, 0.1) is 13.8 Å². The van der Waals surface area contributed by atoms with Gasteiger partial charge in [0.2, 0.25) is 0 Å². The zero-order valence-electron chi connectivity index (χ0n) is 13.8. The summed E-state index contributed by atoms with van der Waals surface area (Å²) >= 11 is 0. The molecule has 0 saturated carbocycles. The van der Waals surface area contributed by atoms with Crippen LogP contribution in [0.5, 0.6) is 5.75 Å². The van der Waals surface area contributed by atoms with E-state index in [1.807, 2.05) is 25.1 Å². The Balaban J connectivity index is 1.97. The van der Waals surface area contributed by atoms with Crippen molar-refractivity contribution in [3.8, 4) is 5.75 Å². The summed E-state index contributed by atoms with van der Waals surface area (Å²) in [5.41, 5.74) is 3.28. The van der Waals surface area contributed by atoms with Gasteiger partial charge in [0.15, 0.2) is 0 Å². The molecule has 0 radical (unpaired) electrons. The van der Waals surface area contributed by atoms with Crippen LogP contribution in [0.1, 0.15) is 21.5 Å². The summed E-state index contributed by atoms with van der Waals surface area (Å²) in [6.07, 6.45) is 0. The number of aromatic nitrogens is 1. The van der Waals surface area contributed by atoms with Crippen molar-refractivity contribution in [2.24, 2.45) is 0 Å². The lowest BCUT2D eigenvalue weighted by atomic mass is 10.1. The predicted molar refractivity (Wildman–Crippen MR) is 95.0 cm³/mol. The van der Waals surface area contributed by atoms with Gasteiger partial charge in [0.05, 0.1) is 18.2 Å². The van der Waals surface area contributed by atoms with E-state index >= 15 is 0 Å². The molecule has 5 heteroatoms. The number of H-pyrrole nitrogens is 1. The highest BCUT2D eigenvalue weighted by atomic mass is 16.5. The summed E-state index contributed by atoms with van der Waals surface area (Å²) in [6, 6.07) is 12.5. The summed E-state index contributed by atoms with van der Waals surface area (Å²) in [7, 11) is 1.53. The van der Waals surface area contributed by atoms with E-state index in [1.165, 1.54) is 7.11 Å². The third-order valence-electron chi connectivity index (χ3n) is 4.18. The van der Waals surface area contributed by atoms with Crippen LogP contribution in [0.15, 0.2) is 47.3 Å². The van der Waals surface area contributed by atoms with Crippen LogP contribution in [-0.2, 0) is 0 Å². The lowest BCUT2D eigenvalue weighted by molar-refractivity contribution is 0.102. The molecular formula is C19H18N2O3. The molecule has 24 heavy (non-hydrogen) atoms. The summed E-state index contributed by atoms with van der Waals surface area (Å²) in [5, 5.41) is 3.80. The summed E-state index contributed by atoms with van der Waals surface area (Å²) in [6.45, 7) is 3.71. The maximum Gasteiger partial charge on any atom is 0.259 e. The Hall–Kier alpha value is -3.08. The molecular weight excluding hydrogens is 304 g/mol. The smallest absolute Gasteiger partial charge is 0.259 e. The van der Waals surface area contributed by atoms with Gasteiger partial charge in [-0.2, -0.15) is 0 Å². The zero-order chi connectivity index (χ0) is 17.3. The molecule has 0 aliphatic carbocycles. The van der Waals surface area contributed by atoms with Gasteiger partial charge in [0.25, 0.3) is 11.5 Å². The van der Waals surface area contributed by atoms with Crippen molar-refractivity contribution in [3.63, 3.8) is 0 Å². The summed E-state index contributed by atoms with van der Waals surface area (Å²) in [4.78, 5) is 27.2. The van der Waals surface area contributed by atoms with Crippen molar-refractivity contribution >= 4 is 22.5 Å². The van der Waals surface area contributed by atoms with Crippen molar-refractivity contribution < 1.29 is 9.53 Å². The number of carbonyl (C=O) groups is 1. The van der Waals surface area contributed by atoms with E-state index in [9.17, 15) is 9.59 Å². The van der Waals surface area contributed by atoms with Crippen LogP contribution in [0.25, 0.3) is 10.9 Å². The number of pyridine rings is 1. The second-order valence-electron chi connectivity index (χ2n) is 5.62. The van der Waals surface area contributed by atoms with Gasteiger partial charge in [-0.15, -0.1) is 0 Å². The van der Waals surface area contributed by atoms with Gasteiger partial charge in [-0.05, 0) is 43.7 Å². The minimum atomic E-state index is -0.266. The Labute approximate surface area is 139 Å². The molecule has 5 nitrogen and oxygen atoms in total. The fraction of sp³-hybridized carbons (Fsp3) is 0.158. The normalized spacial score (nSPS) is 10.6. The van der Waals surface area contributed by atoms with Crippen molar-refractivity contribution in [2.45, 2.75) is 13.8 Å². The van der Waals surface area contributed by atoms with E-state index in [-0.39, 0.29) is 11.5 Å². The lowest BCUT2D eigenvalue weighted by Crippen LogP contribution is -2.14. The molecule has 3 rings (SSSR count). The van der Waals surface area contributed by atoms with Crippen LogP contribution in [0.2, 0.25) is 0 Å². The van der Waals surface area contributed by atoms with E-state index < -0.39 is 0 Å². The van der Waals surface area contributed by atoms with Gasteiger partial charge in [-0.3, -0.25) is 9.59 Å². The number of ether oxygens (including phenoxy) is 1. The number of hydrogen-bond donors (Lipinski definition) is 2. The van der Waals surface area contributed by atoms with Crippen molar-refractivity contribution in [1.29, 1.82) is 0 Å². The van der Waals surface area contributed by atoms with E-state index in [0.29, 0.717) is 28.1 Å². The first-order valence-electron chi connectivity index (χ1n) is 7.59. The largest absolute Gasteiger partial charge is 0.496 e. The number of methoxy groups -OCH3 is 1. The molecule has 0 unspecified atom stereocenters. The molecule has 0 aliphatic heterocycles. The standard InChI is InChI=1S/C19H18N2O3/c1-11-12(2)18(22)21-16-10-13(8-9-14(11)16)20-19(23)15-6-4-5-7-17(15)24-3/h4-10H,1-3H3,(H,20,23)(H,21,22). The molecule has 1 aromatic heterocycles. The molecule has 0 bridgehead atoms. The number of hydrogen-bond acceptors (Lipinski definition) is 3. The van der Waals surface area contributed by atoms with Gasteiger partial charge in [0, 0.05) is 16.6 Å². The van der Waals surface area contributed by atoms with Crippen molar-refractivity contribution in [2.75, 3.05) is 12.4 Å². The van der Waals surface area contributed by atoms with Gasteiger partial charge in [0.1, 0.15) is 5.75 Å². The number of para-hydroxylation sites is 1. The molecule has 1 amide bonds. The first-order valence-corrected chi connectivity index (χ1v) is 7.59. The van der Waals surface area contributed by atoms with E-state index in [0.717, 1.165) is 10.9 Å². The number of anilines is 1. The predicted octanol–water partition coefficient (Wildman–Crippen LogP) is 3.41. The topological polar surface area (TPSA) is 71.2 Å². The third-order valence-corrected chi connectivity index (χ3v) is 4.18. The van der Waals surface area contributed by atoms with Crippen LogP contribution in [-0.4, -0.2) is 18.0 Å². The number of fused-ring (bicyclic) bond motifs is 1. The molecule has 1 heterocycles. The van der Waals surface area contributed by atoms with Crippen LogP contribution in [0.4, 0.5) is 5.69 Å². The SMILES string of the molecule is COc1ccccc1C(=O)Nc1ccc2c(C)c(C)c(=O)[nH]c2c1. The average Bonchev–Trinajstić information content (AvgIpc) is 2.59. The van der Waals surface area contributed by atoms with Crippen LogP contribution in [0.3, 0.4) is 0 Å². The van der Waals surface area contributed by atoms with Gasteiger partial charge >= 0.3 is 0 Å². The maximum atomic E-state index is 12.5. The monoisotopic (exact) mass is 322 g/mol. The molecule has 3 aromatic rings. The Morgan fingerprint density at radius 3 is 2.58 bits per heavy atom. The quantitative estimate of drug-likeness (QED) is 0.776. The Bertz CT molecular complexity index is 990. The van der Waals surface area contributed by atoms with Crippen LogP contribution >= 0.6 is 0 Å². The molecule has 0 spiro atoms. The van der Waals surface area contributed by atoms with Gasteiger partial charge in [-0.1, -0.05) is 18.2 Å². The Kier molecular flexibility index (Phi) is 4.08. The van der Waals surface area contributed by atoms with Crippen LogP contribution < -0.4 is 15.6 Å². The molecule has 2 N–H and O–H groups in total. The molecule has 0 aliphatic rings. The number of aromatic amines is 1. The fourth-order valence-electron chi connectivity index (χ4n) is 2.67. The average molecular weight is 322 g/mol. The zero-order valence-corrected chi connectivity index (χ0v) is 13.8. The first-order chi connectivity index (χ1) is 11.5. The van der Waals surface area contributed by atoms with Gasteiger partial charge in [-0.25, -0.2) is 0 Å². The number of nitrogens with one attached hydrogen (secondary N) is 2. The van der Waals surface area contributed by atoms with E-state index in [1.54, 1.807) is 31.2 Å². The highest BCUT2D eigenvalue weighted by molar-refractivity contribution is 6.06. The highest BCUT2D eigenvalue weighted by Crippen LogP contribution is 2.23. The Morgan fingerprint density at radius 1 is 1.08 bits per heavy atom. The second kappa shape index (κ2) is 6.20. The first kappa shape index (κ1) is 15.8. The number of rotatable bonds is 3. The molecule has 2 aromatic carbocycles. The van der Waals surface area contributed by atoms with Gasteiger partial charge < -0.3 is 15.0 Å². The van der Waals surface area contributed by atoms with E-state index in [2.05, 4.69) is 10.3 Å². The number of carbonyl (C=O) groups excluding carboxylic acids is 1. The van der Waals surface area contributed by atoms with Crippen molar-refractivity contribution in [3.05, 3.63) is 69.5 Å². The number of aryl methyl sites for hydroxylation is 1. The lowest BCUT2D eigenvalue weighted by Gasteiger charge is -2.11. The second-order valence-corrected chi connectivity index (χ2v) is 5.62. The molecule has 0 atom stereocenters. The third kappa shape index (κ3) is 2.76. The van der Waals surface area contributed by atoms with Crippen molar-refractivity contribution in [1.82, 2.24) is 4.98 Å². The summed E-state index contributed by atoms with van der Waals surface area (Å²) in [5.74, 6) is 0.244. The minimum Gasteiger partial charge on any atom is -0.496 e. The molecule has 0 fully saturated rings. The number of benzene rings is 2. The molecule has 122 valence electrons. The molecule has 0 saturated heterocycles. The van der Waals surface area contributed by atoms with E-state index in [4.69, 9.17) is 4.74 Å².